The average molecular weight is 582 g/mol. The van der Waals surface area contributed by atoms with Crippen LogP contribution in [0.5, 0.6) is 0 Å². The van der Waals surface area contributed by atoms with E-state index >= 15 is 0 Å². The van der Waals surface area contributed by atoms with E-state index in [2.05, 4.69) is 68.9 Å². The van der Waals surface area contributed by atoms with Crippen molar-refractivity contribution in [2.45, 2.75) is 24.6 Å². The van der Waals surface area contributed by atoms with Gasteiger partial charge < -0.3 is 15.5 Å². The predicted octanol–water partition coefficient (Wildman–Crippen LogP) is 5.90. The Bertz CT molecular complexity index is 1780. The molecule has 1 fully saturated rings. The zero-order valence-electron chi connectivity index (χ0n) is 23.0. The van der Waals surface area contributed by atoms with Gasteiger partial charge in [-0.1, -0.05) is 30.3 Å². The molecular formula is C31H31N7OS2. The zero-order chi connectivity index (χ0) is 27.9. The normalized spacial score (nSPS) is 19.1. The molecule has 10 heteroatoms. The number of thiazole rings is 1. The number of nitrogens with zero attached hydrogens (tertiary/aromatic N) is 5. The molecule has 0 aliphatic carbocycles. The minimum Gasteiger partial charge on any atom is -0.383 e. The van der Waals surface area contributed by atoms with E-state index in [9.17, 15) is 4.79 Å². The van der Waals surface area contributed by atoms with Gasteiger partial charge >= 0.3 is 0 Å². The van der Waals surface area contributed by atoms with E-state index in [1.807, 2.05) is 41.5 Å². The van der Waals surface area contributed by atoms with Crippen LogP contribution in [-0.2, 0) is 6.42 Å². The van der Waals surface area contributed by atoms with Gasteiger partial charge in [-0.2, -0.15) is 16.7 Å². The summed E-state index contributed by atoms with van der Waals surface area (Å²) in [4.78, 5) is 31.6. The number of hydrogen-bond acceptors (Lipinski definition) is 9. The number of likely N-dealkylation sites (N-methyl/N-ethyl adjacent to an activating group) is 1. The summed E-state index contributed by atoms with van der Waals surface area (Å²) >= 11 is 3.56. The lowest BCUT2D eigenvalue weighted by Crippen LogP contribution is -2.34. The highest BCUT2D eigenvalue weighted by Crippen LogP contribution is 2.34. The molecular weight excluding hydrogens is 551 g/mol. The average Bonchev–Trinajstić information content (AvgIpc) is 3.42. The molecule has 7 rings (SSSR count). The van der Waals surface area contributed by atoms with Gasteiger partial charge in [0, 0.05) is 58.5 Å². The first-order valence-corrected chi connectivity index (χ1v) is 15.8. The van der Waals surface area contributed by atoms with Gasteiger partial charge in [-0.25, -0.2) is 9.97 Å². The summed E-state index contributed by atoms with van der Waals surface area (Å²) in [6.45, 7) is 4.83. The second-order valence-corrected chi connectivity index (χ2v) is 13.1. The maximum Gasteiger partial charge on any atom is 0.262 e. The van der Waals surface area contributed by atoms with Gasteiger partial charge in [-0.15, -0.1) is 11.3 Å². The van der Waals surface area contributed by atoms with Crippen molar-refractivity contribution in [3.8, 4) is 11.3 Å². The quantitative estimate of drug-likeness (QED) is 0.266. The number of fused-ring (bicyclic) bond motifs is 2. The molecule has 0 bridgehead atoms. The first-order chi connectivity index (χ1) is 20.0. The van der Waals surface area contributed by atoms with Gasteiger partial charge in [0.25, 0.3) is 5.56 Å². The molecule has 41 heavy (non-hydrogen) atoms. The van der Waals surface area contributed by atoms with Crippen molar-refractivity contribution < 1.29 is 0 Å². The maximum atomic E-state index is 14.1. The molecule has 2 aliphatic rings. The molecule has 208 valence electrons. The molecule has 8 nitrogen and oxygen atoms in total. The smallest absolute Gasteiger partial charge is 0.262 e. The summed E-state index contributed by atoms with van der Waals surface area (Å²) in [5.41, 5.74) is 8.19. The van der Waals surface area contributed by atoms with Crippen molar-refractivity contribution in [2.75, 3.05) is 43.1 Å². The third-order valence-corrected chi connectivity index (χ3v) is 9.95. The van der Waals surface area contributed by atoms with E-state index in [0.717, 1.165) is 52.6 Å². The van der Waals surface area contributed by atoms with Crippen molar-refractivity contribution in [2.24, 2.45) is 0 Å². The maximum absolute atomic E-state index is 14.1. The molecule has 0 saturated carbocycles. The lowest BCUT2D eigenvalue weighted by atomic mass is 9.99. The molecule has 3 aromatic heterocycles. The van der Waals surface area contributed by atoms with Crippen molar-refractivity contribution >= 4 is 51.5 Å². The number of aryl methyl sites for hydroxylation is 1. The van der Waals surface area contributed by atoms with Gasteiger partial charge in [0.1, 0.15) is 5.65 Å². The Kier molecular flexibility index (Phi) is 6.98. The van der Waals surface area contributed by atoms with E-state index in [1.54, 1.807) is 23.0 Å². The van der Waals surface area contributed by atoms with Crippen molar-refractivity contribution in [1.82, 2.24) is 24.4 Å². The van der Waals surface area contributed by atoms with Gasteiger partial charge in [-0.3, -0.25) is 9.36 Å². The van der Waals surface area contributed by atoms with E-state index < -0.39 is 0 Å². The lowest BCUT2D eigenvalue weighted by Gasteiger charge is -2.29. The molecule has 2 unspecified atom stereocenters. The summed E-state index contributed by atoms with van der Waals surface area (Å²) in [6, 6.07) is 18.6. The highest BCUT2D eigenvalue weighted by Gasteiger charge is 2.25. The van der Waals surface area contributed by atoms with Gasteiger partial charge in [0.05, 0.1) is 22.8 Å². The largest absolute Gasteiger partial charge is 0.383 e. The fraction of sp³-hybridized carbons (Fsp3) is 0.290. The van der Waals surface area contributed by atoms with Crippen LogP contribution in [0.15, 0.2) is 71.1 Å². The van der Waals surface area contributed by atoms with Crippen LogP contribution in [0.4, 0.5) is 17.3 Å². The summed E-state index contributed by atoms with van der Waals surface area (Å²) in [6.07, 6.45) is 2.54. The summed E-state index contributed by atoms with van der Waals surface area (Å²) < 4.78 is 1.85. The predicted molar refractivity (Wildman–Crippen MR) is 170 cm³/mol. The van der Waals surface area contributed by atoms with Gasteiger partial charge in [-0.05, 0) is 55.8 Å². The Balaban J connectivity index is 1.26. The number of rotatable bonds is 5. The molecule has 2 N–H and O–H groups in total. The number of aromatic nitrogens is 4. The third kappa shape index (κ3) is 5.11. The molecule has 2 aliphatic heterocycles. The van der Waals surface area contributed by atoms with Gasteiger partial charge in [0.15, 0.2) is 0 Å². The summed E-state index contributed by atoms with van der Waals surface area (Å²) in [5, 5.41) is 8.19. The highest BCUT2D eigenvalue weighted by molar-refractivity contribution is 7.99. The van der Waals surface area contributed by atoms with E-state index in [0.29, 0.717) is 29.0 Å². The van der Waals surface area contributed by atoms with Crippen LogP contribution in [0.2, 0.25) is 0 Å². The van der Waals surface area contributed by atoms with Crippen LogP contribution in [0.1, 0.15) is 27.3 Å². The number of benzene rings is 2. The third-order valence-electron chi connectivity index (χ3n) is 7.95. The number of pyridine rings is 1. The van der Waals surface area contributed by atoms with Crippen LogP contribution in [0.3, 0.4) is 0 Å². The minimum absolute atomic E-state index is 0.0818. The molecule has 2 aromatic carbocycles. The van der Waals surface area contributed by atoms with E-state index in [1.165, 1.54) is 11.1 Å². The first kappa shape index (κ1) is 26.2. The zero-order valence-corrected chi connectivity index (χ0v) is 24.6. The van der Waals surface area contributed by atoms with Crippen LogP contribution >= 0.6 is 23.1 Å². The Morgan fingerprint density at radius 1 is 1.10 bits per heavy atom. The fourth-order valence-corrected chi connectivity index (χ4v) is 7.75. The second kappa shape index (κ2) is 10.9. The molecule has 0 spiro atoms. The van der Waals surface area contributed by atoms with Crippen molar-refractivity contribution in [1.29, 1.82) is 0 Å². The van der Waals surface area contributed by atoms with Crippen LogP contribution < -0.4 is 16.2 Å². The molecule has 0 amide bonds. The van der Waals surface area contributed by atoms with E-state index in [-0.39, 0.29) is 11.6 Å². The highest BCUT2D eigenvalue weighted by atomic mass is 32.2. The van der Waals surface area contributed by atoms with Crippen LogP contribution in [0.25, 0.3) is 22.3 Å². The molecule has 5 aromatic rings. The van der Waals surface area contributed by atoms with Crippen molar-refractivity contribution in [3.63, 3.8) is 0 Å². The topological polar surface area (TPSA) is 88.0 Å². The lowest BCUT2D eigenvalue weighted by molar-refractivity contribution is 0.347. The monoisotopic (exact) mass is 581 g/mol. The molecule has 5 heterocycles. The first-order valence-electron chi connectivity index (χ1n) is 13.8. The Morgan fingerprint density at radius 3 is 2.76 bits per heavy atom. The Labute approximate surface area is 246 Å². The Hall–Kier alpha value is -3.73. The number of hydrogen-bond donors (Lipinski definition) is 2. The van der Waals surface area contributed by atoms with Gasteiger partial charge in [0.2, 0.25) is 5.95 Å². The van der Waals surface area contributed by atoms with Crippen LogP contribution in [0, 0.1) is 6.92 Å². The second-order valence-electron chi connectivity index (χ2n) is 10.7. The number of thioether (sulfide) groups is 1. The number of para-hydroxylation sites is 1. The summed E-state index contributed by atoms with van der Waals surface area (Å²) in [7, 11) is 2.18. The van der Waals surface area contributed by atoms with E-state index in [4.69, 9.17) is 4.98 Å². The summed E-state index contributed by atoms with van der Waals surface area (Å²) in [5.74, 6) is 1.62. The Morgan fingerprint density at radius 2 is 1.95 bits per heavy atom. The molecule has 1 saturated heterocycles. The fourth-order valence-electron chi connectivity index (χ4n) is 5.75. The van der Waals surface area contributed by atoms with Crippen LogP contribution in [-0.4, -0.2) is 56.9 Å². The van der Waals surface area contributed by atoms with Crippen molar-refractivity contribution in [3.05, 3.63) is 92.7 Å². The molecule has 0 radical (unpaired) electrons. The number of nitrogens with one attached hydrogen (secondary N) is 2. The SMILES string of the molecule is Cc1scnc1-c1cc2cnc(Nc3ccc(C4CN(C)CCS4)cc3)nc2n(C2CNc3ccccc3C2)c1=O. The number of anilines is 3. The minimum atomic E-state index is -0.105. The molecule has 2 atom stereocenters. The standard InChI is InChI=1S/C31H31N7OS2/c1-19-28(34-18-41-19)25-14-22-15-33-31(35-23-9-7-20(8-10-23)27-17-37(2)11-12-40-27)36-29(22)38(30(25)39)24-13-21-5-3-4-6-26(21)32-16-24/h3-10,14-15,18,24,27,32H,11-13,16-17H2,1-2H3,(H,33,35,36).